The van der Waals surface area contributed by atoms with Crippen LogP contribution >= 0.6 is 0 Å². The molecule has 0 aliphatic carbocycles. The summed E-state index contributed by atoms with van der Waals surface area (Å²) in [5.74, 6) is -4.95. The fourth-order valence-electron chi connectivity index (χ4n) is 3.56. The zero-order chi connectivity index (χ0) is 30.1. The van der Waals surface area contributed by atoms with E-state index in [1.165, 1.54) is 16.7 Å². The fourth-order valence-corrected chi connectivity index (χ4v) is 3.56. The summed E-state index contributed by atoms with van der Waals surface area (Å²) in [6, 6.07) is 14.3. The molecule has 14 heteroatoms. The predicted octanol–water partition coefficient (Wildman–Crippen LogP) is 4.58. The highest BCUT2D eigenvalue weighted by Crippen LogP contribution is 2.24. The Kier molecular flexibility index (Phi) is 11.3. The van der Waals surface area contributed by atoms with Gasteiger partial charge in [0.1, 0.15) is 0 Å². The zero-order valence-electron chi connectivity index (χ0n) is 21.1. The third kappa shape index (κ3) is 10.0. The van der Waals surface area contributed by atoms with Crippen LogP contribution in [0.2, 0.25) is 0 Å². The van der Waals surface area contributed by atoms with Gasteiger partial charge in [0.05, 0.1) is 0 Å². The Morgan fingerprint density at radius 3 is 1.82 bits per heavy atom. The van der Waals surface area contributed by atoms with Crippen LogP contribution in [0.15, 0.2) is 48.5 Å². The van der Waals surface area contributed by atoms with Crippen molar-refractivity contribution in [1.82, 2.24) is 10.6 Å². The van der Waals surface area contributed by atoms with Crippen molar-refractivity contribution in [3.05, 3.63) is 70.8 Å². The van der Waals surface area contributed by atoms with Gasteiger partial charge in [-0.3, -0.25) is 4.79 Å². The van der Waals surface area contributed by atoms with E-state index < -0.39 is 24.3 Å². The summed E-state index contributed by atoms with van der Waals surface area (Å²) < 4.78 is 63.5. The smallest absolute Gasteiger partial charge is 0.475 e. The van der Waals surface area contributed by atoms with Gasteiger partial charge in [-0.05, 0) is 60.4 Å². The van der Waals surface area contributed by atoms with Gasteiger partial charge >= 0.3 is 24.3 Å². The minimum absolute atomic E-state index is 0.0496. The highest BCUT2D eigenvalue weighted by Gasteiger charge is 2.38. The molecule has 1 fully saturated rings. The number of benzene rings is 2. The molecule has 40 heavy (non-hydrogen) atoms. The van der Waals surface area contributed by atoms with Crippen LogP contribution in [0.1, 0.15) is 39.4 Å². The fraction of sp³-hybridized carbons (Fsp3) is 0.346. The van der Waals surface area contributed by atoms with Gasteiger partial charge in [-0.15, -0.1) is 0 Å². The number of carboxylic acids is 2. The number of aryl methyl sites for hydroxylation is 1. The molecule has 2 aliphatic heterocycles. The number of aliphatic carboxylic acids is 2. The third-order valence-corrected chi connectivity index (χ3v) is 5.81. The van der Waals surface area contributed by atoms with Crippen molar-refractivity contribution in [2.75, 3.05) is 31.5 Å². The lowest BCUT2D eigenvalue weighted by Gasteiger charge is -2.27. The van der Waals surface area contributed by atoms with E-state index in [4.69, 9.17) is 19.8 Å². The first kappa shape index (κ1) is 32.3. The Morgan fingerprint density at radius 1 is 0.875 bits per heavy atom. The van der Waals surface area contributed by atoms with Crippen LogP contribution in [-0.2, 0) is 9.59 Å². The van der Waals surface area contributed by atoms with Crippen LogP contribution < -0.4 is 16.0 Å². The Morgan fingerprint density at radius 2 is 1.43 bits per heavy atom. The highest BCUT2D eigenvalue weighted by atomic mass is 19.4. The Balaban J connectivity index is 0.000000333. The second-order valence-electron chi connectivity index (χ2n) is 8.75. The van der Waals surface area contributed by atoms with Crippen molar-refractivity contribution in [3.63, 3.8) is 0 Å². The first-order valence-electron chi connectivity index (χ1n) is 11.8. The summed E-state index contributed by atoms with van der Waals surface area (Å²) in [5.41, 5.74) is 6.50. The average Bonchev–Trinajstić information content (AvgIpc) is 2.84. The van der Waals surface area contributed by atoms with Crippen LogP contribution in [0, 0.1) is 6.92 Å². The number of halogens is 6. The molecule has 218 valence electrons. The van der Waals surface area contributed by atoms with Gasteiger partial charge in [0.2, 0.25) is 0 Å². The molecule has 2 aromatic carbocycles. The van der Waals surface area contributed by atoms with E-state index in [1.54, 1.807) is 0 Å². The van der Waals surface area contributed by atoms with Crippen molar-refractivity contribution >= 4 is 29.1 Å². The van der Waals surface area contributed by atoms with Gasteiger partial charge < -0.3 is 26.2 Å². The summed E-state index contributed by atoms with van der Waals surface area (Å²) in [6.45, 7) is 6.03. The van der Waals surface area contributed by atoms with Crippen LogP contribution in [0.25, 0.3) is 5.57 Å². The lowest BCUT2D eigenvalue weighted by Crippen LogP contribution is -2.39. The molecule has 4 rings (SSSR count). The van der Waals surface area contributed by atoms with Crippen molar-refractivity contribution < 1.29 is 50.9 Å². The number of rotatable bonds is 4. The van der Waals surface area contributed by atoms with Gasteiger partial charge in [0.15, 0.2) is 0 Å². The lowest BCUT2D eigenvalue weighted by molar-refractivity contribution is -0.193. The van der Waals surface area contributed by atoms with E-state index in [-0.39, 0.29) is 5.91 Å². The normalized spacial score (nSPS) is 15.2. The average molecular weight is 576 g/mol. The van der Waals surface area contributed by atoms with E-state index in [9.17, 15) is 31.1 Å². The van der Waals surface area contributed by atoms with Gasteiger partial charge in [0, 0.05) is 36.8 Å². The lowest BCUT2D eigenvalue weighted by atomic mass is 9.93. The minimum Gasteiger partial charge on any atom is -0.475 e. The van der Waals surface area contributed by atoms with Crippen LogP contribution in [0.4, 0.5) is 32.0 Å². The van der Waals surface area contributed by atoms with E-state index in [2.05, 4.69) is 46.3 Å². The molecule has 0 saturated carbocycles. The number of anilines is 1. The molecule has 0 radical (unpaired) electrons. The number of carbonyl (C=O) groups excluding carboxylic acids is 1. The molecule has 0 atom stereocenters. The minimum atomic E-state index is -5.08. The molecule has 1 saturated heterocycles. The standard InChI is InChI=1S/C22H25N3O.2C2HF3O2/c1-15-12-18(17-8-10-23-11-9-17)4-7-21(15)22(26)25-20-5-2-16(3-6-20)19-13-24-14-19;2*3-2(4,5)1(6)7/h2-8,12,19,23-24H,9-11,13-14H2,1H3,(H,25,26);2*(H,6,7). The number of hydrogen-bond donors (Lipinski definition) is 5. The van der Waals surface area contributed by atoms with E-state index in [0.717, 1.165) is 49.4 Å². The second kappa shape index (κ2) is 13.9. The molecular formula is C26H27F6N3O5. The van der Waals surface area contributed by atoms with E-state index >= 15 is 0 Å². The van der Waals surface area contributed by atoms with Crippen LogP contribution in [0.3, 0.4) is 0 Å². The second-order valence-corrected chi connectivity index (χ2v) is 8.75. The molecule has 0 spiro atoms. The largest absolute Gasteiger partial charge is 0.490 e. The maximum absolute atomic E-state index is 12.7. The van der Waals surface area contributed by atoms with Crippen LogP contribution in [-0.4, -0.2) is 66.6 Å². The molecular weight excluding hydrogens is 548 g/mol. The molecule has 0 aromatic heterocycles. The molecule has 0 unspecified atom stereocenters. The molecule has 8 nitrogen and oxygen atoms in total. The monoisotopic (exact) mass is 575 g/mol. The first-order valence-corrected chi connectivity index (χ1v) is 11.8. The molecule has 0 bridgehead atoms. The van der Waals surface area contributed by atoms with Gasteiger partial charge in [-0.25, -0.2) is 9.59 Å². The molecule has 2 aromatic rings. The number of amides is 1. The number of nitrogens with one attached hydrogen (secondary N) is 3. The topological polar surface area (TPSA) is 128 Å². The summed E-state index contributed by atoms with van der Waals surface area (Å²) >= 11 is 0. The molecule has 1 amide bonds. The summed E-state index contributed by atoms with van der Waals surface area (Å²) in [7, 11) is 0. The zero-order valence-corrected chi connectivity index (χ0v) is 21.1. The van der Waals surface area contributed by atoms with Crippen molar-refractivity contribution in [1.29, 1.82) is 0 Å². The quantitative estimate of drug-likeness (QED) is 0.338. The van der Waals surface area contributed by atoms with Crippen molar-refractivity contribution in [3.8, 4) is 0 Å². The van der Waals surface area contributed by atoms with Gasteiger partial charge in [-0.1, -0.05) is 30.3 Å². The summed E-state index contributed by atoms with van der Waals surface area (Å²) in [5, 5.41) is 23.9. The maximum atomic E-state index is 12.7. The van der Waals surface area contributed by atoms with E-state index in [0.29, 0.717) is 5.92 Å². The summed E-state index contributed by atoms with van der Waals surface area (Å²) in [4.78, 5) is 30.5. The maximum Gasteiger partial charge on any atom is 0.490 e. The Bertz CT molecular complexity index is 1200. The SMILES string of the molecule is Cc1cc(C2=CCNCC2)ccc1C(=O)Nc1ccc(C2CNC2)cc1.O=C(O)C(F)(F)F.O=C(O)C(F)(F)F. The molecule has 2 aliphatic rings. The Labute approximate surface area is 225 Å². The predicted molar refractivity (Wildman–Crippen MR) is 134 cm³/mol. The van der Waals surface area contributed by atoms with Crippen LogP contribution in [0.5, 0.6) is 0 Å². The number of alkyl halides is 6. The molecule has 2 heterocycles. The number of carbonyl (C=O) groups is 3. The first-order chi connectivity index (χ1) is 18.6. The number of hydrogen-bond acceptors (Lipinski definition) is 5. The third-order valence-electron chi connectivity index (χ3n) is 5.81. The summed E-state index contributed by atoms with van der Waals surface area (Å²) in [6.07, 6.45) is -6.90. The van der Waals surface area contributed by atoms with Gasteiger partial charge in [-0.2, -0.15) is 26.3 Å². The highest BCUT2D eigenvalue weighted by molar-refractivity contribution is 6.05. The van der Waals surface area contributed by atoms with Crippen molar-refractivity contribution in [2.45, 2.75) is 31.6 Å². The Hall–Kier alpha value is -3.91. The number of carboxylic acid groups (broad SMARTS) is 2. The van der Waals surface area contributed by atoms with Gasteiger partial charge in [0.25, 0.3) is 5.91 Å². The molecule has 5 N–H and O–H groups in total. The van der Waals surface area contributed by atoms with E-state index in [1.807, 2.05) is 25.1 Å². The van der Waals surface area contributed by atoms with Crippen molar-refractivity contribution in [2.24, 2.45) is 0 Å².